The van der Waals surface area contributed by atoms with Gasteiger partial charge in [-0.15, -0.1) is 0 Å². The number of benzene rings is 1. The van der Waals surface area contributed by atoms with E-state index in [2.05, 4.69) is 22.1 Å². The number of amides is 1. The number of carbonyl (C=O) groups is 1. The van der Waals surface area contributed by atoms with Crippen LogP contribution in [0, 0.1) is 17.7 Å². The fourth-order valence-corrected chi connectivity index (χ4v) is 1.57. The van der Waals surface area contributed by atoms with Crippen molar-refractivity contribution in [1.29, 1.82) is 0 Å². The van der Waals surface area contributed by atoms with Gasteiger partial charge in [0.1, 0.15) is 17.3 Å². The van der Waals surface area contributed by atoms with Crippen molar-refractivity contribution in [2.75, 3.05) is 11.9 Å². The van der Waals surface area contributed by atoms with Gasteiger partial charge in [-0.05, 0) is 42.3 Å². The number of aliphatic hydroxyl groups is 1. The molecule has 1 aromatic heterocycles. The summed E-state index contributed by atoms with van der Waals surface area (Å²) in [4.78, 5) is 16.1. The van der Waals surface area contributed by atoms with E-state index in [1.165, 1.54) is 24.3 Å². The number of rotatable bonds is 3. The Labute approximate surface area is 121 Å². The van der Waals surface area contributed by atoms with Crippen LogP contribution in [0.5, 0.6) is 0 Å². The molecule has 21 heavy (non-hydrogen) atoms. The van der Waals surface area contributed by atoms with Gasteiger partial charge in [-0.1, -0.05) is 12.0 Å². The molecule has 0 aliphatic carbocycles. The van der Waals surface area contributed by atoms with E-state index in [1.807, 2.05) is 0 Å². The predicted molar refractivity (Wildman–Crippen MR) is 77.2 cm³/mol. The van der Waals surface area contributed by atoms with Crippen LogP contribution in [-0.4, -0.2) is 22.6 Å². The van der Waals surface area contributed by atoms with Gasteiger partial charge >= 0.3 is 0 Å². The van der Waals surface area contributed by atoms with Crippen molar-refractivity contribution in [3.05, 3.63) is 59.5 Å². The lowest BCUT2D eigenvalue weighted by molar-refractivity contribution is 0.102. The van der Waals surface area contributed by atoms with Crippen molar-refractivity contribution in [3.63, 3.8) is 0 Å². The third-order valence-corrected chi connectivity index (χ3v) is 2.55. The van der Waals surface area contributed by atoms with E-state index < -0.39 is 5.82 Å². The molecule has 0 saturated carbocycles. The van der Waals surface area contributed by atoms with E-state index in [0.717, 1.165) is 0 Å². The molecule has 0 saturated heterocycles. The summed E-state index contributed by atoms with van der Waals surface area (Å²) in [6.07, 6.45) is 0.369. The molecule has 0 aliphatic heterocycles. The number of nitrogens with zero attached hydrogens (tertiary/aromatic N) is 1. The predicted octanol–water partition coefficient (Wildman–Crippen LogP) is 2.21. The Morgan fingerprint density at radius 2 is 2.00 bits per heavy atom. The number of hydrogen-bond donors (Lipinski definition) is 2. The average molecular weight is 284 g/mol. The molecule has 0 atom stereocenters. The molecule has 0 fully saturated rings. The summed E-state index contributed by atoms with van der Waals surface area (Å²) in [5.74, 6) is 5.13. The lowest BCUT2D eigenvalue weighted by Gasteiger charge is -2.04. The highest BCUT2D eigenvalue weighted by molar-refractivity contribution is 6.03. The number of nitrogens with one attached hydrogen (secondary N) is 1. The van der Waals surface area contributed by atoms with Crippen LogP contribution in [-0.2, 0) is 0 Å². The van der Waals surface area contributed by atoms with E-state index >= 15 is 0 Å². The Balaban J connectivity index is 2.09. The Bertz CT molecular complexity index is 687. The minimum Gasteiger partial charge on any atom is -0.395 e. The second kappa shape index (κ2) is 7.17. The zero-order valence-corrected chi connectivity index (χ0v) is 11.1. The first-order valence-electron chi connectivity index (χ1n) is 6.33. The maximum atomic E-state index is 12.8. The molecule has 1 aromatic carbocycles. The summed E-state index contributed by atoms with van der Waals surface area (Å²) < 4.78 is 12.8. The van der Waals surface area contributed by atoms with Gasteiger partial charge in [-0.2, -0.15) is 0 Å². The van der Waals surface area contributed by atoms with Crippen molar-refractivity contribution in [3.8, 4) is 11.8 Å². The Hall–Kier alpha value is -2.71. The molecule has 0 spiro atoms. The van der Waals surface area contributed by atoms with Gasteiger partial charge in [0.15, 0.2) is 0 Å². The van der Waals surface area contributed by atoms with E-state index in [-0.39, 0.29) is 12.5 Å². The van der Waals surface area contributed by atoms with E-state index in [4.69, 9.17) is 5.11 Å². The summed E-state index contributed by atoms with van der Waals surface area (Å²) in [6, 6.07) is 10.3. The molecule has 2 N–H and O–H groups in total. The summed E-state index contributed by atoms with van der Waals surface area (Å²) in [7, 11) is 0. The molecule has 1 heterocycles. The summed E-state index contributed by atoms with van der Waals surface area (Å²) in [5.41, 5.74) is 0.843. The summed E-state index contributed by atoms with van der Waals surface area (Å²) >= 11 is 0. The van der Waals surface area contributed by atoms with Gasteiger partial charge in [0.05, 0.1) is 6.61 Å². The first-order chi connectivity index (χ1) is 10.2. The molecule has 0 aliphatic rings. The maximum absolute atomic E-state index is 12.8. The standard InChI is InChI=1S/C16H13FN2O2/c17-13-9-7-12(8-10-13)16(21)19-15-6-3-5-14(18-15)4-1-2-11-20/h3,5-10,20H,2,11H2,(H,18,19,21). The number of aliphatic hydroxyl groups excluding tert-OH is 1. The topological polar surface area (TPSA) is 62.2 Å². The van der Waals surface area contributed by atoms with Gasteiger partial charge in [0.2, 0.25) is 0 Å². The monoisotopic (exact) mass is 284 g/mol. The third-order valence-electron chi connectivity index (χ3n) is 2.55. The molecular formula is C16H13FN2O2. The van der Waals surface area contributed by atoms with Gasteiger partial charge in [-0.25, -0.2) is 9.37 Å². The second-order valence-corrected chi connectivity index (χ2v) is 4.14. The first kappa shape index (κ1) is 14.7. The Kier molecular flexibility index (Phi) is 5.02. The zero-order valence-electron chi connectivity index (χ0n) is 11.1. The molecule has 0 radical (unpaired) electrons. The number of hydrogen-bond acceptors (Lipinski definition) is 3. The number of carbonyl (C=O) groups excluding carboxylic acids is 1. The van der Waals surface area contributed by atoms with Crippen molar-refractivity contribution in [2.24, 2.45) is 0 Å². The van der Waals surface area contributed by atoms with Crippen LogP contribution in [0.3, 0.4) is 0 Å². The fourth-order valence-electron chi connectivity index (χ4n) is 1.57. The van der Waals surface area contributed by atoms with Crippen LogP contribution in [0.2, 0.25) is 0 Å². The van der Waals surface area contributed by atoms with Crippen LogP contribution in [0.1, 0.15) is 22.5 Å². The summed E-state index contributed by atoms with van der Waals surface area (Å²) in [6.45, 7) is -0.00596. The Morgan fingerprint density at radius 3 is 2.71 bits per heavy atom. The van der Waals surface area contributed by atoms with Crippen molar-refractivity contribution >= 4 is 11.7 Å². The van der Waals surface area contributed by atoms with Crippen molar-refractivity contribution < 1.29 is 14.3 Å². The van der Waals surface area contributed by atoms with Crippen LogP contribution >= 0.6 is 0 Å². The lowest BCUT2D eigenvalue weighted by Crippen LogP contribution is -2.13. The Morgan fingerprint density at radius 1 is 1.24 bits per heavy atom. The highest BCUT2D eigenvalue weighted by Crippen LogP contribution is 2.08. The van der Waals surface area contributed by atoms with E-state index in [1.54, 1.807) is 18.2 Å². The largest absolute Gasteiger partial charge is 0.395 e. The molecule has 0 unspecified atom stereocenters. The summed E-state index contributed by atoms with van der Waals surface area (Å²) in [5, 5.41) is 11.3. The van der Waals surface area contributed by atoms with E-state index in [9.17, 15) is 9.18 Å². The number of halogens is 1. The van der Waals surface area contributed by atoms with Crippen LogP contribution < -0.4 is 5.32 Å². The minimum atomic E-state index is -0.397. The molecule has 2 aromatic rings. The molecule has 106 valence electrons. The highest BCUT2D eigenvalue weighted by Gasteiger charge is 2.06. The zero-order chi connectivity index (χ0) is 15.1. The average Bonchev–Trinajstić information content (AvgIpc) is 2.48. The van der Waals surface area contributed by atoms with Gasteiger partial charge in [0.25, 0.3) is 5.91 Å². The quantitative estimate of drug-likeness (QED) is 0.849. The molecule has 2 rings (SSSR count). The van der Waals surface area contributed by atoms with Crippen LogP contribution in [0.25, 0.3) is 0 Å². The normalized spacial score (nSPS) is 9.62. The first-order valence-corrected chi connectivity index (χ1v) is 6.33. The SMILES string of the molecule is O=C(Nc1cccc(C#CCCO)n1)c1ccc(F)cc1. The van der Waals surface area contributed by atoms with Crippen molar-refractivity contribution in [2.45, 2.75) is 6.42 Å². The van der Waals surface area contributed by atoms with Crippen molar-refractivity contribution in [1.82, 2.24) is 4.98 Å². The molecule has 0 bridgehead atoms. The third kappa shape index (κ3) is 4.41. The lowest BCUT2D eigenvalue weighted by atomic mass is 10.2. The maximum Gasteiger partial charge on any atom is 0.256 e. The number of anilines is 1. The van der Waals surface area contributed by atoms with Gasteiger partial charge in [-0.3, -0.25) is 4.79 Å². The second-order valence-electron chi connectivity index (χ2n) is 4.14. The van der Waals surface area contributed by atoms with Crippen LogP contribution in [0.4, 0.5) is 10.2 Å². The van der Waals surface area contributed by atoms with Gasteiger partial charge < -0.3 is 10.4 Å². The highest BCUT2D eigenvalue weighted by atomic mass is 19.1. The molecule has 1 amide bonds. The minimum absolute atomic E-state index is 0.00596. The number of aromatic nitrogens is 1. The number of pyridine rings is 1. The van der Waals surface area contributed by atoms with Gasteiger partial charge in [0, 0.05) is 12.0 Å². The fraction of sp³-hybridized carbons (Fsp3) is 0.125. The molecule has 4 nitrogen and oxygen atoms in total. The molecule has 5 heteroatoms. The smallest absolute Gasteiger partial charge is 0.256 e. The van der Waals surface area contributed by atoms with E-state index in [0.29, 0.717) is 23.5 Å². The van der Waals surface area contributed by atoms with Crippen LogP contribution in [0.15, 0.2) is 42.5 Å². The molecular weight excluding hydrogens is 271 g/mol.